The van der Waals surface area contributed by atoms with Gasteiger partial charge >= 0.3 is 6.18 Å². The Balaban J connectivity index is 1.89. The van der Waals surface area contributed by atoms with Crippen LogP contribution in [0.25, 0.3) is 0 Å². The van der Waals surface area contributed by atoms with Crippen molar-refractivity contribution in [2.75, 3.05) is 30.7 Å². The first-order valence-corrected chi connectivity index (χ1v) is 7.22. The molecule has 122 valence electrons. The van der Waals surface area contributed by atoms with Gasteiger partial charge in [0.05, 0.1) is 11.3 Å². The minimum absolute atomic E-state index is 0.0294. The molecule has 1 aliphatic heterocycles. The molecule has 5 nitrogen and oxygen atoms in total. The number of hydrogen-bond donors (Lipinski definition) is 2. The van der Waals surface area contributed by atoms with Gasteiger partial charge in [0, 0.05) is 38.3 Å². The Morgan fingerprint density at radius 1 is 1.36 bits per heavy atom. The van der Waals surface area contributed by atoms with E-state index < -0.39 is 11.7 Å². The van der Waals surface area contributed by atoms with Crippen LogP contribution in [0.15, 0.2) is 12.3 Å². The van der Waals surface area contributed by atoms with Crippen LogP contribution >= 0.6 is 0 Å². The fraction of sp³-hybridized carbons (Fsp3) is 0.571. The van der Waals surface area contributed by atoms with Gasteiger partial charge in [0.1, 0.15) is 5.82 Å². The second kappa shape index (κ2) is 6.85. The van der Waals surface area contributed by atoms with Crippen LogP contribution in [0, 0.1) is 0 Å². The molecule has 1 amide bonds. The van der Waals surface area contributed by atoms with Gasteiger partial charge in [0.2, 0.25) is 5.91 Å². The van der Waals surface area contributed by atoms with E-state index >= 15 is 0 Å². The number of amides is 1. The maximum absolute atomic E-state index is 12.9. The van der Waals surface area contributed by atoms with Gasteiger partial charge in [0.15, 0.2) is 0 Å². The van der Waals surface area contributed by atoms with Crippen LogP contribution in [0.1, 0.15) is 31.2 Å². The number of likely N-dealkylation sites (tertiary alicyclic amines) is 1. The molecule has 2 heterocycles. The van der Waals surface area contributed by atoms with Gasteiger partial charge in [-0.1, -0.05) is 0 Å². The van der Waals surface area contributed by atoms with Gasteiger partial charge in [-0.25, -0.2) is 4.98 Å². The Morgan fingerprint density at radius 2 is 2.14 bits per heavy atom. The van der Waals surface area contributed by atoms with Crippen LogP contribution in [0.3, 0.4) is 0 Å². The van der Waals surface area contributed by atoms with Crippen LogP contribution in [-0.4, -0.2) is 35.4 Å². The van der Waals surface area contributed by atoms with Crippen molar-refractivity contribution in [1.82, 2.24) is 9.88 Å². The summed E-state index contributed by atoms with van der Waals surface area (Å²) in [4.78, 5) is 16.9. The number of carbonyl (C=O) groups excluding carboxylic acids is 1. The summed E-state index contributed by atoms with van der Waals surface area (Å²) in [5, 5.41) is 2.74. The van der Waals surface area contributed by atoms with Crippen molar-refractivity contribution in [3.63, 3.8) is 0 Å². The Kier molecular flexibility index (Phi) is 5.10. The zero-order chi connectivity index (χ0) is 16.2. The topological polar surface area (TPSA) is 71.2 Å². The van der Waals surface area contributed by atoms with Gasteiger partial charge in [0.25, 0.3) is 0 Å². The average molecular weight is 316 g/mol. The first-order chi connectivity index (χ1) is 10.4. The lowest BCUT2D eigenvalue weighted by atomic mass is 10.1. The van der Waals surface area contributed by atoms with Crippen molar-refractivity contribution >= 4 is 17.4 Å². The van der Waals surface area contributed by atoms with E-state index in [1.165, 1.54) is 6.07 Å². The molecule has 0 saturated carbocycles. The minimum Gasteiger partial charge on any atom is -0.384 e. The van der Waals surface area contributed by atoms with Crippen molar-refractivity contribution in [3.05, 3.63) is 17.8 Å². The zero-order valence-corrected chi connectivity index (χ0v) is 12.1. The molecular formula is C14H19F3N4O. The standard InChI is InChI=1S/C14H19F3N4O/c15-14(16,17)10-9-20-12(18)8-11(10)19-5-3-7-21-6-2-1-4-13(21)22/h8-9H,1-7H2,(H3,18,19,20). The third kappa shape index (κ3) is 4.25. The second-order valence-corrected chi connectivity index (χ2v) is 5.27. The van der Waals surface area contributed by atoms with E-state index in [0.29, 0.717) is 25.9 Å². The highest BCUT2D eigenvalue weighted by molar-refractivity contribution is 5.76. The minimum atomic E-state index is -4.48. The molecule has 3 N–H and O–H groups in total. The Bertz CT molecular complexity index is 533. The van der Waals surface area contributed by atoms with Crippen molar-refractivity contribution < 1.29 is 18.0 Å². The van der Waals surface area contributed by atoms with Crippen LogP contribution < -0.4 is 11.1 Å². The Labute approximate surface area is 126 Å². The van der Waals surface area contributed by atoms with Gasteiger partial charge in [-0.15, -0.1) is 0 Å². The van der Waals surface area contributed by atoms with E-state index in [4.69, 9.17) is 5.73 Å². The highest BCUT2D eigenvalue weighted by Crippen LogP contribution is 2.34. The average Bonchev–Trinajstić information content (AvgIpc) is 2.44. The number of piperidine rings is 1. The lowest BCUT2D eigenvalue weighted by Gasteiger charge is -2.26. The van der Waals surface area contributed by atoms with Crippen LogP contribution in [0.5, 0.6) is 0 Å². The normalized spacial score (nSPS) is 16.0. The summed E-state index contributed by atoms with van der Waals surface area (Å²) in [6.07, 6.45) is -0.716. The molecule has 1 saturated heterocycles. The lowest BCUT2D eigenvalue weighted by molar-refractivity contribution is -0.137. The molecule has 0 unspecified atom stereocenters. The number of nitrogens with zero attached hydrogens (tertiary/aromatic N) is 2. The SMILES string of the molecule is Nc1cc(NCCCN2CCCCC2=O)c(C(F)(F)F)cn1. The first kappa shape index (κ1) is 16.4. The molecule has 0 aliphatic carbocycles. The number of aromatic nitrogens is 1. The highest BCUT2D eigenvalue weighted by atomic mass is 19.4. The predicted octanol–water partition coefficient (Wildman–Crippen LogP) is 2.50. The number of nitrogen functional groups attached to an aromatic ring is 1. The summed E-state index contributed by atoms with van der Waals surface area (Å²) in [6.45, 7) is 1.61. The highest BCUT2D eigenvalue weighted by Gasteiger charge is 2.34. The van der Waals surface area contributed by atoms with E-state index in [1.807, 2.05) is 0 Å². The molecule has 1 aromatic heterocycles. The Hall–Kier alpha value is -1.99. The number of anilines is 2. The van der Waals surface area contributed by atoms with Gasteiger partial charge in [-0.3, -0.25) is 4.79 Å². The van der Waals surface area contributed by atoms with Crippen molar-refractivity contribution in [1.29, 1.82) is 0 Å². The lowest BCUT2D eigenvalue weighted by Crippen LogP contribution is -2.36. The molecule has 2 rings (SSSR count). The number of halogens is 3. The monoisotopic (exact) mass is 316 g/mol. The van der Waals surface area contributed by atoms with Crippen LogP contribution in [0.2, 0.25) is 0 Å². The quantitative estimate of drug-likeness (QED) is 0.819. The van der Waals surface area contributed by atoms with Crippen LogP contribution in [0.4, 0.5) is 24.7 Å². The fourth-order valence-corrected chi connectivity index (χ4v) is 2.43. The maximum atomic E-state index is 12.9. The number of pyridine rings is 1. The molecule has 8 heteroatoms. The second-order valence-electron chi connectivity index (χ2n) is 5.27. The molecule has 0 aromatic carbocycles. The zero-order valence-electron chi connectivity index (χ0n) is 12.1. The Morgan fingerprint density at radius 3 is 2.82 bits per heavy atom. The number of rotatable bonds is 5. The summed E-state index contributed by atoms with van der Waals surface area (Å²) in [5.74, 6) is 0.150. The molecular weight excluding hydrogens is 297 g/mol. The third-order valence-electron chi connectivity index (χ3n) is 3.57. The summed E-state index contributed by atoms with van der Waals surface area (Å²) in [6, 6.07) is 1.18. The number of carbonyl (C=O) groups is 1. The van der Waals surface area contributed by atoms with Gasteiger partial charge < -0.3 is 16.0 Å². The van der Waals surface area contributed by atoms with E-state index in [2.05, 4.69) is 10.3 Å². The smallest absolute Gasteiger partial charge is 0.384 e. The maximum Gasteiger partial charge on any atom is 0.419 e. The van der Waals surface area contributed by atoms with Gasteiger partial charge in [-0.2, -0.15) is 13.2 Å². The summed E-state index contributed by atoms with van der Waals surface area (Å²) >= 11 is 0. The molecule has 1 fully saturated rings. The number of nitrogens with two attached hydrogens (primary N) is 1. The number of hydrogen-bond acceptors (Lipinski definition) is 4. The molecule has 0 radical (unpaired) electrons. The molecule has 1 aromatic rings. The molecule has 0 atom stereocenters. The molecule has 22 heavy (non-hydrogen) atoms. The number of alkyl halides is 3. The van der Waals surface area contributed by atoms with Crippen molar-refractivity contribution in [2.45, 2.75) is 31.9 Å². The summed E-state index contributed by atoms with van der Waals surface area (Å²) in [7, 11) is 0. The summed E-state index contributed by atoms with van der Waals surface area (Å²) < 4.78 is 38.6. The third-order valence-corrected chi connectivity index (χ3v) is 3.57. The van der Waals surface area contributed by atoms with E-state index in [0.717, 1.165) is 25.6 Å². The molecule has 1 aliphatic rings. The van der Waals surface area contributed by atoms with Crippen molar-refractivity contribution in [3.8, 4) is 0 Å². The van der Waals surface area contributed by atoms with E-state index in [9.17, 15) is 18.0 Å². The van der Waals surface area contributed by atoms with Crippen molar-refractivity contribution in [2.24, 2.45) is 0 Å². The molecule has 0 spiro atoms. The molecule has 0 bridgehead atoms. The van der Waals surface area contributed by atoms with E-state index in [-0.39, 0.29) is 17.4 Å². The van der Waals surface area contributed by atoms with Crippen LogP contribution in [-0.2, 0) is 11.0 Å². The fourth-order valence-electron chi connectivity index (χ4n) is 2.43. The summed E-state index contributed by atoms with van der Waals surface area (Å²) in [5.41, 5.74) is 4.52. The number of nitrogens with one attached hydrogen (secondary N) is 1. The predicted molar refractivity (Wildman–Crippen MR) is 77.2 cm³/mol. The first-order valence-electron chi connectivity index (χ1n) is 7.22. The van der Waals surface area contributed by atoms with E-state index in [1.54, 1.807) is 4.90 Å². The largest absolute Gasteiger partial charge is 0.419 e. The van der Waals surface area contributed by atoms with Gasteiger partial charge in [-0.05, 0) is 19.3 Å².